The summed E-state index contributed by atoms with van der Waals surface area (Å²) in [5.74, 6) is 0.102. The Kier molecular flexibility index (Phi) is 3.49. The van der Waals surface area contributed by atoms with Crippen LogP contribution in [0, 0.1) is 0 Å². The molecule has 0 saturated carbocycles. The van der Waals surface area contributed by atoms with Crippen LogP contribution in [0.4, 0.5) is 0 Å². The molecular weight excluding hydrogens is 154 g/mol. The Morgan fingerprint density at radius 1 is 1.58 bits per heavy atom. The number of nitrogens with zero attached hydrogens (tertiary/aromatic N) is 1. The van der Waals surface area contributed by atoms with Crippen molar-refractivity contribution in [1.82, 2.24) is 15.5 Å². The second kappa shape index (κ2) is 4.42. The van der Waals surface area contributed by atoms with Gasteiger partial charge in [-0.05, 0) is 20.0 Å². The van der Waals surface area contributed by atoms with Crippen molar-refractivity contribution in [3.05, 3.63) is 0 Å². The molecule has 2 N–H and O–H groups in total. The average molecular weight is 171 g/mol. The zero-order valence-corrected chi connectivity index (χ0v) is 7.76. The minimum Gasteiger partial charge on any atom is -0.358 e. The van der Waals surface area contributed by atoms with E-state index in [1.54, 1.807) is 7.05 Å². The van der Waals surface area contributed by atoms with Crippen LogP contribution in [-0.4, -0.2) is 50.6 Å². The summed E-state index contributed by atoms with van der Waals surface area (Å²) < 4.78 is 0. The van der Waals surface area contributed by atoms with E-state index < -0.39 is 0 Å². The minimum atomic E-state index is -0.0000463. The van der Waals surface area contributed by atoms with Gasteiger partial charge in [-0.15, -0.1) is 0 Å². The molecule has 4 nitrogen and oxygen atoms in total. The summed E-state index contributed by atoms with van der Waals surface area (Å²) in [6.07, 6.45) is 0.899. The van der Waals surface area contributed by atoms with Crippen LogP contribution in [0.25, 0.3) is 0 Å². The molecule has 1 aliphatic rings. The topological polar surface area (TPSA) is 44.4 Å². The number of likely N-dealkylation sites (N-methyl/N-ethyl adjacent to an activating group) is 2. The molecule has 12 heavy (non-hydrogen) atoms. The van der Waals surface area contributed by atoms with Crippen LogP contribution in [-0.2, 0) is 4.79 Å². The molecule has 1 rings (SSSR count). The maximum absolute atomic E-state index is 11.2. The van der Waals surface area contributed by atoms with Gasteiger partial charge in [-0.25, -0.2) is 0 Å². The number of amides is 1. The maximum Gasteiger partial charge on any atom is 0.236 e. The fourth-order valence-electron chi connectivity index (χ4n) is 1.39. The Balaban J connectivity index is 2.40. The standard InChI is InChI=1S/C8H17N3O/c1-9-8(12)7-3-5-11(2)6-4-10-7/h7,10H,3-6H2,1-2H3,(H,9,12). The normalized spacial score (nSPS) is 26.3. The first-order valence-electron chi connectivity index (χ1n) is 4.37. The monoisotopic (exact) mass is 171 g/mol. The van der Waals surface area contributed by atoms with Crippen molar-refractivity contribution in [3.8, 4) is 0 Å². The van der Waals surface area contributed by atoms with Gasteiger partial charge in [-0.1, -0.05) is 0 Å². The van der Waals surface area contributed by atoms with Gasteiger partial charge in [-0.2, -0.15) is 0 Å². The van der Waals surface area contributed by atoms with Crippen molar-refractivity contribution in [3.63, 3.8) is 0 Å². The first-order valence-corrected chi connectivity index (χ1v) is 4.37. The van der Waals surface area contributed by atoms with Gasteiger partial charge in [0.05, 0.1) is 6.04 Å². The number of hydrogen-bond donors (Lipinski definition) is 2. The molecule has 1 atom stereocenters. The minimum absolute atomic E-state index is 0.0000463. The average Bonchev–Trinajstić information content (AvgIpc) is 2.29. The second-order valence-corrected chi connectivity index (χ2v) is 3.21. The highest BCUT2D eigenvalue weighted by atomic mass is 16.2. The predicted molar refractivity (Wildman–Crippen MR) is 48.0 cm³/mol. The zero-order valence-electron chi connectivity index (χ0n) is 7.76. The quantitative estimate of drug-likeness (QED) is 0.533. The van der Waals surface area contributed by atoms with Crippen LogP contribution >= 0.6 is 0 Å². The summed E-state index contributed by atoms with van der Waals surface area (Å²) in [6.45, 7) is 2.91. The lowest BCUT2D eigenvalue weighted by molar-refractivity contribution is -0.122. The van der Waals surface area contributed by atoms with E-state index in [0.29, 0.717) is 0 Å². The van der Waals surface area contributed by atoms with E-state index in [4.69, 9.17) is 0 Å². The SMILES string of the molecule is CNC(=O)C1CCN(C)CCN1. The van der Waals surface area contributed by atoms with Crippen molar-refractivity contribution in [1.29, 1.82) is 0 Å². The molecule has 0 aromatic carbocycles. The van der Waals surface area contributed by atoms with Crippen molar-refractivity contribution >= 4 is 5.91 Å². The first-order chi connectivity index (χ1) is 5.74. The Morgan fingerprint density at radius 2 is 2.33 bits per heavy atom. The molecule has 0 aliphatic carbocycles. The summed E-state index contributed by atoms with van der Waals surface area (Å²) in [6, 6.07) is -0.0000463. The maximum atomic E-state index is 11.2. The number of nitrogens with one attached hydrogen (secondary N) is 2. The smallest absolute Gasteiger partial charge is 0.236 e. The molecule has 0 radical (unpaired) electrons. The lowest BCUT2D eigenvalue weighted by Gasteiger charge is -2.13. The van der Waals surface area contributed by atoms with Gasteiger partial charge < -0.3 is 15.5 Å². The molecule has 1 unspecified atom stereocenters. The van der Waals surface area contributed by atoms with Gasteiger partial charge in [0.25, 0.3) is 0 Å². The molecule has 1 amide bonds. The summed E-state index contributed by atoms with van der Waals surface area (Å²) in [5, 5.41) is 5.87. The summed E-state index contributed by atoms with van der Waals surface area (Å²) in [5.41, 5.74) is 0. The van der Waals surface area contributed by atoms with Gasteiger partial charge in [0, 0.05) is 20.1 Å². The third kappa shape index (κ3) is 2.46. The van der Waals surface area contributed by atoms with E-state index in [0.717, 1.165) is 26.1 Å². The molecule has 0 bridgehead atoms. The molecule has 0 aromatic heterocycles. The fourth-order valence-corrected chi connectivity index (χ4v) is 1.39. The number of rotatable bonds is 1. The van der Waals surface area contributed by atoms with Crippen LogP contribution < -0.4 is 10.6 Å². The van der Waals surface area contributed by atoms with Gasteiger partial charge in [0.1, 0.15) is 0 Å². The van der Waals surface area contributed by atoms with E-state index >= 15 is 0 Å². The fraction of sp³-hybridized carbons (Fsp3) is 0.875. The van der Waals surface area contributed by atoms with Gasteiger partial charge in [-0.3, -0.25) is 4.79 Å². The Hall–Kier alpha value is -0.610. The van der Waals surface area contributed by atoms with Crippen LogP contribution in [0.1, 0.15) is 6.42 Å². The van der Waals surface area contributed by atoms with Crippen LogP contribution in [0.5, 0.6) is 0 Å². The molecule has 0 aromatic rings. The first kappa shape index (κ1) is 9.48. The highest BCUT2D eigenvalue weighted by Gasteiger charge is 2.19. The van der Waals surface area contributed by atoms with Crippen LogP contribution in [0.3, 0.4) is 0 Å². The molecule has 4 heteroatoms. The van der Waals surface area contributed by atoms with Crippen molar-refractivity contribution < 1.29 is 4.79 Å². The van der Waals surface area contributed by atoms with E-state index in [1.165, 1.54) is 0 Å². The number of hydrogen-bond acceptors (Lipinski definition) is 3. The summed E-state index contributed by atoms with van der Waals surface area (Å²) in [7, 11) is 3.76. The third-order valence-electron chi connectivity index (χ3n) is 2.25. The molecule has 0 spiro atoms. The van der Waals surface area contributed by atoms with E-state index in [1.807, 2.05) is 0 Å². The highest BCUT2D eigenvalue weighted by molar-refractivity contribution is 5.81. The van der Waals surface area contributed by atoms with Gasteiger partial charge in [0.15, 0.2) is 0 Å². The Labute approximate surface area is 73.3 Å². The molecule has 70 valence electrons. The molecule has 1 fully saturated rings. The van der Waals surface area contributed by atoms with Crippen molar-refractivity contribution in [2.45, 2.75) is 12.5 Å². The van der Waals surface area contributed by atoms with E-state index in [2.05, 4.69) is 22.6 Å². The molecule has 1 heterocycles. The predicted octanol–water partition coefficient (Wildman–Crippen LogP) is -0.974. The lowest BCUT2D eigenvalue weighted by atomic mass is 10.2. The number of carbonyl (C=O) groups excluding carboxylic acids is 1. The Bertz CT molecular complexity index is 160. The van der Waals surface area contributed by atoms with Crippen LogP contribution in [0.15, 0.2) is 0 Å². The van der Waals surface area contributed by atoms with Gasteiger partial charge in [0.2, 0.25) is 5.91 Å². The molecular formula is C8H17N3O. The lowest BCUT2D eigenvalue weighted by Crippen LogP contribution is -2.42. The summed E-state index contributed by atoms with van der Waals surface area (Å²) in [4.78, 5) is 13.5. The van der Waals surface area contributed by atoms with Crippen molar-refractivity contribution in [2.75, 3.05) is 33.7 Å². The van der Waals surface area contributed by atoms with Gasteiger partial charge >= 0.3 is 0 Å². The zero-order chi connectivity index (χ0) is 8.97. The number of carbonyl (C=O) groups is 1. The highest BCUT2D eigenvalue weighted by Crippen LogP contribution is 1.98. The summed E-state index contributed by atoms with van der Waals surface area (Å²) >= 11 is 0. The van der Waals surface area contributed by atoms with Crippen molar-refractivity contribution in [2.24, 2.45) is 0 Å². The largest absolute Gasteiger partial charge is 0.358 e. The van der Waals surface area contributed by atoms with Crippen LogP contribution in [0.2, 0.25) is 0 Å². The molecule has 1 aliphatic heterocycles. The molecule has 1 saturated heterocycles. The van der Waals surface area contributed by atoms with E-state index in [-0.39, 0.29) is 11.9 Å². The Morgan fingerprint density at radius 3 is 3.00 bits per heavy atom. The third-order valence-corrected chi connectivity index (χ3v) is 2.25. The van der Waals surface area contributed by atoms with E-state index in [9.17, 15) is 4.79 Å². The second-order valence-electron chi connectivity index (χ2n) is 3.21.